The van der Waals surface area contributed by atoms with Gasteiger partial charge in [-0.2, -0.15) is 0 Å². The Morgan fingerprint density at radius 1 is 0.971 bits per heavy atom. The minimum absolute atomic E-state index is 0.138. The summed E-state index contributed by atoms with van der Waals surface area (Å²) in [5, 5.41) is 0.501. The zero-order valence-corrected chi connectivity index (χ0v) is 21.1. The Morgan fingerprint density at radius 2 is 1.77 bits per heavy atom. The molecule has 2 heterocycles. The topological polar surface area (TPSA) is 63.0 Å². The van der Waals surface area contributed by atoms with Gasteiger partial charge in [0.1, 0.15) is 11.3 Å². The average Bonchev–Trinajstić information content (AvgIpc) is 3.16. The Labute approximate surface area is 207 Å². The largest absolute Gasteiger partial charge is 0.494 e. The second-order valence-electron chi connectivity index (χ2n) is 9.08. The molecule has 0 bridgehead atoms. The molecule has 2 aromatic carbocycles. The number of fused-ring (bicyclic) bond motifs is 2. The fraction of sp³-hybridized carbons (Fsp3) is 0.448. The van der Waals surface area contributed by atoms with E-state index in [0.29, 0.717) is 29.7 Å². The van der Waals surface area contributed by atoms with Crippen LogP contribution in [0.15, 0.2) is 57.7 Å². The van der Waals surface area contributed by atoms with Gasteiger partial charge in [-0.3, -0.25) is 9.59 Å². The van der Waals surface area contributed by atoms with Crippen LogP contribution in [0.2, 0.25) is 0 Å². The lowest BCUT2D eigenvalue weighted by Crippen LogP contribution is -2.33. The van der Waals surface area contributed by atoms with Crippen LogP contribution in [0.3, 0.4) is 0 Å². The average molecular weight is 477 g/mol. The van der Waals surface area contributed by atoms with Crippen molar-refractivity contribution in [2.24, 2.45) is 0 Å². The summed E-state index contributed by atoms with van der Waals surface area (Å²) in [5.74, 6) is 0.699. The molecule has 1 aliphatic rings. The summed E-state index contributed by atoms with van der Waals surface area (Å²) in [6.07, 6.45) is 4.08. The molecule has 0 aliphatic carbocycles. The highest BCUT2D eigenvalue weighted by Crippen LogP contribution is 2.39. The number of hydrogen-bond donors (Lipinski definition) is 0. The lowest BCUT2D eigenvalue weighted by molar-refractivity contribution is 0.0720. The zero-order valence-electron chi connectivity index (χ0n) is 21.1. The van der Waals surface area contributed by atoms with Crippen LogP contribution < -0.4 is 10.2 Å². The first-order valence-corrected chi connectivity index (χ1v) is 12.9. The van der Waals surface area contributed by atoms with E-state index in [4.69, 9.17) is 9.15 Å². The number of carbonyl (C=O) groups excluding carboxylic acids is 1. The van der Waals surface area contributed by atoms with Crippen LogP contribution in [0.5, 0.6) is 5.75 Å². The monoisotopic (exact) mass is 476 g/mol. The minimum atomic E-state index is -0.491. The van der Waals surface area contributed by atoms with E-state index in [2.05, 4.69) is 25.7 Å². The van der Waals surface area contributed by atoms with Crippen molar-refractivity contribution in [3.05, 3.63) is 75.6 Å². The molecule has 0 saturated heterocycles. The third-order valence-electron chi connectivity index (χ3n) is 6.83. The summed E-state index contributed by atoms with van der Waals surface area (Å²) in [6.45, 7) is 10.5. The summed E-state index contributed by atoms with van der Waals surface area (Å²) in [5.41, 5.74) is 1.61. The number of rotatable bonds is 12. The maximum Gasteiger partial charge on any atom is 0.290 e. The van der Waals surface area contributed by atoms with Gasteiger partial charge in [0.25, 0.3) is 5.91 Å². The van der Waals surface area contributed by atoms with E-state index in [1.807, 2.05) is 36.4 Å². The maximum atomic E-state index is 13.6. The Morgan fingerprint density at radius 3 is 2.54 bits per heavy atom. The summed E-state index contributed by atoms with van der Waals surface area (Å²) in [7, 11) is 0. The highest BCUT2D eigenvalue weighted by molar-refractivity contribution is 5.99. The van der Waals surface area contributed by atoms with Crippen LogP contribution in [0, 0.1) is 0 Å². The highest BCUT2D eigenvalue weighted by Gasteiger charge is 2.42. The highest BCUT2D eigenvalue weighted by atomic mass is 16.5. The van der Waals surface area contributed by atoms with Gasteiger partial charge in [0.05, 0.1) is 23.6 Å². The number of nitrogens with zero attached hydrogens (tertiary/aromatic N) is 2. The van der Waals surface area contributed by atoms with Crippen molar-refractivity contribution in [2.75, 3.05) is 32.8 Å². The molecule has 1 unspecified atom stereocenters. The number of benzene rings is 2. The normalized spacial score (nSPS) is 15.3. The van der Waals surface area contributed by atoms with Gasteiger partial charge in [0.2, 0.25) is 5.76 Å². The van der Waals surface area contributed by atoms with E-state index in [1.165, 1.54) is 0 Å². The van der Waals surface area contributed by atoms with Crippen molar-refractivity contribution >= 4 is 16.9 Å². The molecular weight excluding hydrogens is 440 g/mol. The number of ether oxygens (including phenoxy) is 1. The van der Waals surface area contributed by atoms with Crippen molar-refractivity contribution in [3.8, 4) is 5.75 Å². The Bertz CT molecular complexity index is 1210. The van der Waals surface area contributed by atoms with Crippen molar-refractivity contribution in [3.63, 3.8) is 0 Å². The quantitative estimate of drug-likeness (QED) is 0.317. The zero-order chi connectivity index (χ0) is 24.8. The Balaban J connectivity index is 1.71. The minimum Gasteiger partial charge on any atom is -0.494 e. The van der Waals surface area contributed by atoms with Crippen LogP contribution >= 0.6 is 0 Å². The smallest absolute Gasteiger partial charge is 0.290 e. The molecule has 1 aromatic heterocycles. The summed E-state index contributed by atoms with van der Waals surface area (Å²) >= 11 is 0. The van der Waals surface area contributed by atoms with Gasteiger partial charge in [-0.15, -0.1) is 0 Å². The van der Waals surface area contributed by atoms with Crippen molar-refractivity contribution < 1.29 is 13.9 Å². The molecule has 0 N–H and O–H groups in total. The van der Waals surface area contributed by atoms with Crippen molar-refractivity contribution in [2.45, 2.75) is 52.5 Å². The molecule has 6 nitrogen and oxygen atoms in total. The van der Waals surface area contributed by atoms with E-state index in [9.17, 15) is 9.59 Å². The number of para-hydroxylation sites is 1. The van der Waals surface area contributed by atoms with Gasteiger partial charge in [0.15, 0.2) is 5.43 Å². The second kappa shape index (κ2) is 11.5. The maximum absolute atomic E-state index is 13.6. The van der Waals surface area contributed by atoms with Gasteiger partial charge in [-0.25, -0.2) is 0 Å². The first kappa shape index (κ1) is 25.0. The lowest BCUT2D eigenvalue weighted by atomic mass is 9.98. The Kier molecular flexibility index (Phi) is 8.24. The van der Waals surface area contributed by atoms with Crippen LogP contribution in [0.4, 0.5) is 0 Å². The summed E-state index contributed by atoms with van der Waals surface area (Å²) in [4.78, 5) is 31.3. The predicted octanol–water partition coefficient (Wildman–Crippen LogP) is 5.64. The first-order valence-electron chi connectivity index (χ1n) is 12.9. The molecule has 1 aliphatic heterocycles. The van der Waals surface area contributed by atoms with Gasteiger partial charge >= 0.3 is 0 Å². The van der Waals surface area contributed by atoms with E-state index < -0.39 is 6.04 Å². The molecule has 4 rings (SSSR count). The molecule has 0 radical (unpaired) electrons. The number of unbranched alkanes of at least 4 members (excludes halogenated alkanes) is 2. The fourth-order valence-corrected chi connectivity index (χ4v) is 4.87. The molecule has 1 atom stereocenters. The number of amides is 1. The molecule has 0 spiro atoms. The van der Waals surface area contributed by atoms with E-state index in [0.717, 1.165) is 56.6 Å². The van der Waals surface area contributed by atoms with Gasteiger partial charge in [-0.05, 0) is 62.3 Å². The van der Waals surface area contributed by atoms with Gasteiger partial charge in [0, 0.05) is 6.54 Å². The standard InChI is InChI=1S/C29H36N2O4/c1-4-7-10-19-34-22-14-11-13-21(20-22)26-25-27(32)23-15-8-9-16-24(23)35-28(25)29(33)31(26)18-12-17-30(5-2)6-3/h8-9,11,13-16,20,26H,4-7,10,12,17-19H2,1-3H3. The third kappa shape index (κ3) is 5.27. The van der Waals surface area contributed by atoms with Crippen LogP contribution in [-0.2, 0) is 0 Å². The lowest BCUT2D eigenvalue weighted by Gasteiger charge is -2.27. The predicted molar refractivity (Wildman–Crippen MR) is 139 cm³/mol. The van der Waals surface area contributed by atoms with Crippen LogP contribution in [0.1, 0.15) is 74.2 Å². The summed E-state index contributed by atoms with van der Waals surface area (Å²) in [6, 6.07) is 14.5. The molecule has 0 fully saturated rings. The van der Waals surface area contributed by atoms with Gasteiger partial charge < -0.3 is 19.0 Å². The van der Waals surface area contributed by atoms with Crippen LogP contribution in [-0.4, -0.2) is 48.5 Å². The second-order valence-corrected chi connectivity index (χ2v) is 9.08. The number of hydrogen-bond acceptors (Lipinski definition) is 5. The molecule has 35 heavy (non-hydrogen) atoms. The van der Waals surface area contributed by atoms with Crippen LogP contribution in [0.25, 0.3) is 11.0 Å². The van der Waals surface area contributed by atoms with Crippen molar-refractivity contribution in [1.29, 1.82) is 0 Å². The molecule has 6 heteroatoms. The fourth-order valence-electron chi connectivity index (χ4n) is 4.87. The SMILES string of the molecule is CCCCCOc1cccc(C2c3c(oc4ccccc4c3=O)C(=O)N2CCCN(CC)CC)c1. The molecule has 0 saturated carbocycles. The van der Waals surface area contributed by atoms with Gasteiger partial charge in [-0.1, -0.05) is 57.9 Å². The first-order chi connectivity index (χ1) is 17.1. The molecule has 186 valence electrons. The molecular formula is C29H36N2O4. The van der Waals surface area contributed by atoms with E-state index in [-0.39, 0.29) is 17.1 Å². The molecule has 1 amide bonds. The van der Waals surface area contributed by atoms with E-state index >= 15 is 0 Å². The molecule has 3 aromatic rings. The van der Waals surface area contributed by atoms with E-state index in [1.54, 1.807) is 17.0 Å². The summed E-state index contributed by atoms with van der Waals surface area (Å²) < 4.78 is 12.0. The Hall–Kier alpha value is -3.12. The number of carbonyl (C=O) groups is 1. The third-order valence-corrected chi connectivity index (χ3v) is 6.83. The van der Waals surface area contributed by atoms with Crippen molar-refractivity contribution in [1.82, 2.24) is 9.80 Å².